The van der Waals surface area contributed by atoms with Crippen LogP contribution in [0, 0.1) is 0 Å². The maximum absolute atomic E-state index is 11.4. The fraction of sp³-hybridized carbons (Fsp3) is 0.235. The molecule has 0 aliphatic heterocycles. The van der Waals surface area contributed by atoms with Crippen LogP contribution >= 0.6 is 11.8 Å². The normalized spacial score (nSPS) is 11.5. The monoisotopic (exact) mass is 390 g/mol. The van der Waals surface area contributed by atoms with Crippen LogP contribution in [0.15, 0.2) is 53.9 Å². The first-order chi connectivity index (χ1) is 12.5. The number of methoxy groups -OCH3 is 1. The molecule has 0 fully saturated rings. The van der Waals surface area contributed by atoms with Crippen LogP contribution in [0.1, 0.15) is 0 Å². The van der Waals surface area contributed by atoms with E-state index in [9.17, 15) is 8.42 Å². The van der Waals surface area contributed by atoms with E-state index >= 15 is 0 Å². The van der Waals surface area contributed by atoms with Crippen LogP contribution < -0.4 is 4.74 Å². The summed E-state index contributed by atoms with van der Waals surface area (Å²) >= 11 is 1.36. The minimum absolute atomic E-state index is 0.0811. The van der Waals surface area contributed by atoms with Crippen molar-refractivity contribution in [2.24, 2.45) is 0 Å². The number of sulfone groups is 1. The Balaban J connectivity index is 2.00. The third-order valence-corrected chi connectivity index (χ3v) is 5.72. The van der Waals surface area contributed by atoms with Crippen molar-refractivity contribution >= 4 is 21.6 Å². The Bertz CT molecular complexity index is 971. The molecule has 0 unspecified atom stereocenters. The zero-order valence-electron chi connectivity index (χ0n) is 14.4. The van der Waals surface area contributed by atoms with Gasteiger partial charge in [-0.2, -0.15) is 0 Å². The van der Waals surface area contributed by atoms with E-state index < -0.39 is 9.84 Å². The van der Waals surface area contributed by atoms with Crippen molar-refractivity contribution < 1.29 is 13.2 Å². The number of hydrogen-bond donors (Lipinski definition) is 0. The van der Waals surface area contributed by atoms with Crippen molar-refractivity contribution in [1.82, 2.24) is 19.7 Å². The van der Waals surface area contributed by atoms with Gasteiger partial charge in [-0.15, -0.1) is 10.2 Å². The fourth-order valence-corrected chi connectivity index (χ4v) is 4.45. The summed E-state index contributed by atoms with van der Waals surface area (Å²) in [4.78, 5) is 4.03. The van der Waals surface area contributed by atoms with Crippen LogP contribution in [0.2, 0.25) is 0 Å². The second-order valence-electron chi connectivity index (χ2n) is 5.55. The molecule has 0 atom stereocenters. The van der Waals surface area contributed by atoms with Gasteiger partial charge in [0.05, 0.1) is 12.9 Å². The molecule has 9 heteroatoms. The quantitative estimate of drug-likeness (QED) is 0.573. The van der Waals surface area contributed by atoms with E-state index in [0.29, 0.717) is 16.7 Å². The summed E-state index contributed by atoms with van der Waals surface area (Å²) in [6, 6.07) is 11.2. The summed E-state index contributed by atoms with van der Waals surface area (Å²) in [6.45, 7) is 0. The zero-order chi connectivity index (χ0) is 18.6. The molecule has 2 heterocycles. The van der Waals surface area contributed by atoms with Gasteiger partial charge in [0.1, 0.15) is 15.6 Å². The summed E-state index contributed by atoms with van der Waals surface area (Å²) in [5.74, 6) is 1.90. The minimum atomic E-state index is -3.03. The predicted molar refractivity (Wildman–Crippen MR) is 102 cm³/mol. The first-order valence-electron chi connectivity index (χ1n) is 7.79. The van der Waals surface area contributed by atoms with Crippen molar-refractivity contribution in [3.05, 3.63) is 48.8 Å². The van der Waals surface area contributed by atoms with Crippen molar-refractivity contribution in [3.63, 3.8) is 0 Å². The summed E-state index contributed by atoms with van der Waals surface area (Å²) in [5.41, 5.74) is 1.74. The third kappa shape index (κ3) is 4.41. The third-order valence-electron chi connectivity index (χ3n) is 3.59. The minimum Gasteiger partial charge on any atom is -0.497 e. The van der Waals surface area contributed by atoms with Gasteiger partial charge in [-0.05, 0) is 36.4 Å². The maximum Gasteiger partial charge on any atom is 0.196 e. The van der Waals surface area contributed by atoms with Gasteiger partial charge >= 0.3 is 0 Å². The molecule has 0 amide bonds. The number of nitrogens with zero attached hydrogens (tertiary/aromatic N) is 4. The second-order valence-corrected chi connectivity index (χ2v) is 8.88. The molecule has 0 saturated heterocycles. The van der Waals surface area contributed by atoms with E-state index in [1.807, 2.05) is 41.0 Å². The number of rotatable bonds is 7. The highest BCUT2D eigenvalue weighted by atomic mass is 32.2. The molecule has 3 rings (SSSR count). The lowest BCUT2D eigenvalue weighted by atomic mass is 10.2. The number of hydrogen-bond acceptors (Lipinski definition) is 7. The first kappa shape index (κ1) is 18.4. The Morgan fingerprint density at radius 2 is 1.77 bits per heavy atom. The zero-order valence-corrected chi connectivity index (χ0v) is 16.0. The van der Waals surface area contributed by atoms with Crippen LogP contribution in [0.5, 0.6) is 5.75 Å². The van der Waals surface area contributed by atoms with Crippen LogP contribution in [-0.4, -0.2) is 53.0 Å². The molecule has 0 radical (unpaired) electrons. The van der Waals surface area contributed by atoms with Gasteiger partial charge in [-0.25, -0.2) is 8.42 Å². The Labute approximate surface area is 156 Å². The average molecular weight is 390 g/mol. The van der Waals surface area contributed by atoms with Gasteiger partial charge in [-0.3, -0.25) is 9.55 Å². The van der Waals surface area contributed by atoms with Crippen molar-refractivity contribution in [1.29, 1.82) is 0 Å². The average Bonchev–Trinajstić information content (AvgIpc) is 3.05. The van der Waals surface area contributed by atoms with Crippen molar-refractivity contribution in [3.8, 4) is 22.8 Å². The molecule has 0 N–H and O–H groups in total. The highest BCUT2D eigenvalue weighted by molar-refractivity contribution is 8.00. The van der Waals surface area contributed by atoms with E-state index in [1.54, 1.807) is 19.5 Å². The molecule has 26 heavy (non-hydrogen) atoms. The molecule has 0 saturated carbocycles. The smallest absolute Gasteiger partial charge is 0.196 e. The van der Waals surface area contributed by atoms with E-state index in [4.69, 9.17) is 4.74 Å². The molecule has 0 spiro atoms. The lowest BCUT2D eigenvalue weighted by molar-refractivity contribution is 0.414. The Morgan fingerprint density at radius 1 is 1.08 bits per heavy atom. The van der Waals surface area contributed by atoms with E-state index in [1.165, 1.54) is 18.0 Å². The van der Waals surface area contributed by atoms with Gasteiger partial charge in [-0.1, -0.05) is 11.8 Å². The van der Waals surface area contributed by atoms with Crippen molar-refractivity contribution in [2.45, 2.75) is 5.16 Å². The van der Waals surface area contributed by atoms with Gasteiger partial charge in [0.2, 0.25) is 0 Å². The van der Waals surface area contributed by atoms with Crippen molar-refractivity contribution in [2.75, 3.05) is 24.9 Å². The SMILES string of the molecule is COc1ccc(-n2c(SCCS(C)(=O)=O)nnc2-c2ccncc2)cc1. The predicted octanol–water partition coefficient (Wildman–Crippen LogP) is 2.47. The lowest BCUT2D eigenvalue weighted by Gasteiger charge is -2.11. The largest absolute Gasteiger partial charge is 0.497 e. The Morgan fingerprint density at radius 3 is 2.38 bits per heavy atom. The highest BCUT2D eigenvalue weighted by Gasteiger charge is 2.17. The molecule has 0 aliphatic rings. The molecule has 7 nitrogen and oxygen atoms in total. The molecule has 0 aliphatic carbocycles. The van der Waals surface area contributed by atoms with Crippen LogP contribution in [0.25, 0.3) is 17.1 Å². The maximum atomic E-state index is 11.4. The van der Waals surface area contributed by atoms with E-state index in [-0.39, 0.29) is 5.75 Å². The number of ether oxygens (including phenoxy) is 1. The fourth-order valence-electron chi connectivity index (χ4n) is 2.30. The number of thioether (sulfide) groups is 1. The van der Waals surface area contributed by atoms with E-state index in [0.717, 1.165) is 17.0 Å². The molecule has 1 aromatic carbocycles. The van der Waals surface area contributed by atoms with E-state index in [2.05, 4.69) is 15.2 Å². The molecule has 136 valence electrons. The van der Waals surface area contributed by atoms with Gasteiger partial charge in [0, 0.05) is 35.7 Å². The Kier molecular flexibility index (Phi) is 5.58. The molecular weight excluding hydrogens is 372 g/mol. The lowest BCUT2D eigenvalue weighted by Crippen LogP contribution is -2.06. The van der Waals surface area contributed by atoms with Crippen LogP contribution in [0.4, 0.5) is 0 Å². The summed E-state index contributed by atoms with van der Waals surface area (Å²) < 4.78 is 29.9. The Hall–Kier alpha value is -2.39. The number of benzene rings is 1. The summed E-state index contributed by atoms with van der Waals surface area (Å²) in [6.07, 6.45) is 4.61. The van der Waals surface area contributed by atoms with Crippen LogP contribution in [-0.2, 0) is 9.84 Å². The number of pyridine rings is 1. The molecule has 0 bridgehead atoms. The number of aromatic nitrogens is 4. The molecule has 3 aromatic rings. The van der Waals surface area contributed by atoms with Gasteiger partial charge in [0.25, 0.3) is 0 Å². The summed E-state index contributed by atoms with van der Waals surface area (Å²) in [5, 5.41) is 9.19. The highest BCUT2D eigenvalue weighted by Crippen LogP contribution is 2.28. The van der Waals surface area contributed by atoms with Gasteiger partial charge in [0.15, 0.2) is 11.0 Å². The first-order valence-corrected chi connectivity index (χ1v) is 10.8. The molecular formula is C17H18N4O3S2. The summed E-state index contributed by atoms with van der Waals surface area (Å²) in [7, 11) is -1.42. The topological polar surface area (TPSA) is 87.0 Å². The molecule has 2 aromatic heterocycles. The van der Waals surface area contributed by atoms with Gasteiger partial charge < -0.3 is 4.74 Å². The standard InChI is InChI=1S/C17H18N4O3S2/c1-24-15-5-3-14(4-6-15)21-16(13-7-9-18-10-8-13)19-20-17(21)25-11-12-26(2,22)23/h3-10H,11-12H2,1-2H3. The van der Waals surface area contributed by atoms with Crippen LogP contribution in [0.3, 0.4) is 0 Å². The second kappa shape index (κ2) is 7.88.